The maximum atomic E-state index is 10.1. The van der Waals surface area contributed by atoms with Crippen LogP contribution in [-0.4, -0.2) is 29.5 Å². The van der Waals surface area contributed by atoms with E-state index >= 15 is 0 Å². The molecule has 0 atom stereocenters. The van der Waals surface area contributed by atoms with Gasteiger partial charge in [-0.05, 0) is 125 Å². The molecule has 0 aliphatic heterocycles. The number of aryl methyl sites for hydroxylation is 1. The van der Waals surface area contributed by atoms with E-state index in [-0.39, 0.29) is 16.2 Å². The lowest BCUT2D eigenvalue weighted by Gasteiger charge is -2.26. The SMILES string of the molecule is Cc1cc(-c2nc(-c3cc(C(C)(C)C)cc(C(C)(C)C)c3)nc(-c3ccc(-n4c5ccc(C#N)cc5c5cc(C#N)ccc54)c(-c4cc(-c5ccccc5)nc(-c5ccccc5)n4)c3)n2)cc(C(C)(C)C)c1. The predicted molar refractivity (Wildman–Crippen MR) is 293 cm³/mol. The van der Waals surface area contributed by atoms with Gasteiger partial charge in [0, 0.05) is 44.2 Å². The minimum Gasteiger partial charge on any atom is -0.309 e. The third-order valence-corrected chi connectivity index (χ3v) is 13.4. The van der Waals surface area contributed by atoms with E-state index in [9.17, 15) is 10.5 Å². The van der Waals surface area contributed by atoms with Crippen LogP contribution in [0.4, 0.5) is 0 Å². The fourth-order valence-corrected chi connectivity index (χ4v) is 9.29. The van der Waals surface area contributed by atoms with Crippen molar-refractivity contribution < 1.29 is 0 Å². The molecule has 0 saturated carbocycles. The van der Waals surface area contributed by atoms with Crippen molar-refractivity contribution in [1.29, 1.82) is 10.5 Å². The maximum absolute atomic E-state index is 10.1. The van der Waals surface area contributed by atoms with Gasteiger partial charge >= 0.3 is 0 Å². The van der Waals surface area contributed by atoms with Gasteiger partial charge in [-0.3, -0.25) is 0 Å². The Bertz CT molecular complexity index is 3670. The number of nitrogens with zero attached hydrogens (tertiary/aromatic N) is 8. The third kappa shape index (κ3) is 9.16. The Balaban J connectivity index is 1.30. The van der Waals surface area contributed by atoms with Crippen molar-refractivity contribution in [2.24, 2.45) is 0 Å². The van der Waals surface area contributed by atoms with Crippen LogP contribution in [0, 0.1) is 29.6 Å². The van der Waals surface area contributed by atoms with Gasteiger partial charge in [-0.2, -0.15) is 10.5 Å². The molecule has 10 aromatic rings. The molecular formula is C64H56N8. The van der Waals surface area contributed by atoms with Gasteiger partial charge in [0.15, 0.2) is 23.3 Å². The van der Waals surface area contributed by atoms with E-state index in [1.165, 1.54) is 16.7 Å². The van der Waals surface area contributed by atoms with Gasteiger partial charge in [-0.15, -0.1) is 0 Å². The van der Waals surface area contributed by atoms with Gasteiger partial charge < -0.3 is 4.57 Å². The summed E-state index contributed by atoms with van der Waals surface area (Å²) in [4.78, 5) is 26.7. The van der Waals surface area contributed by atoms with Gasteiger partial charge in [0.1, 0.15) is 0 Å². The molecule has 0 aliphatic carbocycles. The molecule has 0 fully saturated rings. The molecular weight excluding hydrogens is 881 g/mol. The van der Waals surface area contributed by atoms with Crippen LogP contribution in [0.3, 0.4) is 0 Å². The van der Waals surface area contributed by atoms with Crippen LogP contribution in [0.1, 0.15) is 95.7 Å². The van der Waals surface area contributed by atoms with E-state index in [0.717, 1.165) is 72.1 Å². The van der Waals surface area contributed by atoms with Crippen LogP contribution in [0.25, 0.3) is 95.6 Å². The number of rotatable bonds is 7. The highest BCUT2D eigenvalue weighted by Crippen LogP contribution is 2.41. The molecule has 8 heteroatoms. The first-order valence-electron chi connectivity index (χ1n) is 24.4. The first-order chi connectivity index (χ1) is 34.3. The number of hydrogen-bond donors (Lipinski definition) is 0. The second-order valence-electron chi connectivity index (χ2n) is 21.9. The van der Waals surface area contributed by atoms with E-state index in [4.69, 9.17) is 24.9 Å². The highest BCUT2D eigenvalue weighted by Gasteiger charge is 2.25. The van der Waals surface area contributed by atoms with E-state index < -0.39 is 0 Å². The summed E-state index contributed by atoms with van der Waals surface area (Å²) in [5, 5.41) is 21.9. The topological polar surface area (TPSA) is 117 Å². The van der Waals surface area contributed by atoms with Crippen molar-refractivity contribution in [2.45, 2.75) is 85.5 Å². The number of hydrogen-bond acceptors (Lipinski definition) is 7. The van der Waals surface area contributed by atoms with Gasteiger partial charge in [0.25, 0.3) is 0 Å². The van der Waals surface area contributed by atoms with E-state index in [1.54, 1.807) is 0 Å². The number of aromatic nitrogens is 6. The minimum atomic E-state index is -0.133. The van der Waals surface area contributed by atoms with Crippen LogP contribution in [0.5, 0.6) is 0 Å². The lowest BCUT2D eigenvalue weighted by Crippen LogP contribution is -2.17. The lowest BCUT2D eigenvalue weighted by atomic mass is 9.79. The molecule has 0 bridgehead atoms. The van der Waals surface area contributed by atoms with E-state index in [1.807, 2.05) is 84.9 Å². The molecule has 10 rings (SSSR count). The van der Waals surface area contributed by atoms with Crippen molar-refractivity contribution in [3.63, 3.8) is 0 Å². The molecule has 0 aliphatic rings. The quantitative estimate of drug-likeness (QED) is 0.156. The standard InChI is InChI=1S/C64H56N8/c1-39-27-45(31-47(28-39)62(2,3)4)60-69-59(70-61(71-60)46-32-48(63(5,6)7)35-49(33-46)64(8,9)10)44-23-26-57(72-55-24-21-40(37-65)29-50(55)51-30-41(38-66)22-25-56(51)72)52(34-44)54-36-53(42-17-13-11-14-18-42)67-58(68-54)43-19-15-12-16-20-43/h11-36H,1-10H3. The second-order valence-corrected chi connectivity index (χ2v) is 21.9. The van der Waals surface area contributed by atoms with Gasteiger partial charge in [0.2, 0.25) is 0 Å². The van der Waals surface area contributed by atoms with Gasteiger partial charge in [0.05, 0.1) is 51.4 Å². The summed E-state index contributed by atoms with van der Waals surface area (Å²) >= 11 is 0. The summed E-state index contributed by atoms with van der Waals surface area (Å²) in [6, 6.07) is 58.1. The first kappa shape index (κ1) is 47.1. The molecule has 8 nitrogen and oxygen atoms in total. The van der Waals surface area contributed by atoms with E-state index in [2.05, 4.69) is 159 Å². The van der Waals surface area contributed by atoms with E-state index in [0.29, 0.717) is 40.1 Å². The Morgan fingerprint density at radius 3 is 1.36 bits per heavy atom. The van der Waals surface area contributed by atoms with Crippen LogP contribution in [0.2, 0.25) is 0 Å². The van der Waals surface area contributed by atoms with Gasteiger partial charge in [-0.25, -0.2) is 24.9 Å². The maximum Gasteiger partial charge on any atom is 0.164 e. The molecule has 0 N–H and O–H groups in total. The van der Waals surface area contributed by atoms with Crippen LogP contribution >= 0.6 is 0 Å². The Labute approximate surface area is 422 Å². The lowest BCUT2D eigenvalue weighted by molar-refractivity contribution is 0.569. The Kier molecular flexibility index (Phi) is 11.8. The second kappa shape index (κ2) is 18.0. The average molecular weight is 937 g/mol. The Morgan fingerprint density at radius 2 is 0.847 bits per heavy atom. The first-order valence-corrected chi connectivity index (χ1v) is 24.4. The summed E-state index contributed by atoms with van der Waals surface area (Å²) in [6.45, 7) is 22.3. The molecule has 7 aromatic carbocycles. The number of benzene rings is 7. The van der Waals surface area contributed by atoms with Crippen molar-refractivity contribution in [1.82, 2.24) is 29.5 Å². The molecule has 0 spiro atoms. The fraction of sp³-hybridized carbons (Fsp3) is 0.203. The molecule has 0 saturated heterocycles. The molecule has 3 heterocycles. The summed E-state index contributed by atoms with van der Waals surface area (Å²) < 4.78 is 2.20. The zero-order chi connectivity index (χ0) is 50.7. The van der Waals surface area contributed by atoms with Crippen LogP contribution in [0.15, 0.2) is 158 Å². The summed E-state index contributed by atoms with van der Waals surface area (Å²) in [5.74, 6) is 2.26. The molecule has 3 aromatic heterocycles. The van der Waals surface area contributed by atoms with Crippen molar-refractivity contribution >= 4 is 21.8 Å². The monoisotopic (exact) mass is 936 g/mol. The Morgan fingerprint density at radius 1 is 0.389 bits per heavy atom. The molecule has 0 amide bonds. The van der Waals surface area contributed by atoms with Gasteiger partial charge in [-0.1, -0.05) is 141 Å². The zero-order valence-corrected chi connectivity index (χ0v) is 42.6. The minimum absolute atomic E-state index is 0.110. The largest absolute Gasteiger partial charge is 0.309 e. The third-order valence-electron chi connectivity index (χ3n) is 13.4. The normalized spacial score (nSPS) is 12.0. The highest BCUT2D eigenvalue weighted by atomic mass is 15.0. The summed E-state index contributed by atoms with van der Waals surface area (Å²) in [7, 11) is 0. The molecule has 0 radical (unpaired) electrons. The smallest absolute Gasteiger partial charge is 0.164 e. The summed E-state index contributed by atoms with van der Waals surface area (Å²) in [6.07, 6.45) is 0. The van der Waals surface area contributed by atoms with Crippen LogP contribution in [-0.2, 0) is 16.2 Å². The van der Waals surface area contributed by atoms with Crippen molar-refractivity contribution in [2.75, 3.05) is 0 Å². The molecule has 0 unspecified atom stereocenters. The molecule has 352 valence electrons. The zero-order valence-electron chi connectivity index (χ0n) is 42.6. The Hall–Kier alpha value is -8.59. The van der Waals surface area contributed by atoms with Crippen molar-refractivity contribution in [3.05, 3.63) is 191 Å². The molecule has 72 heavy (non-hydrogen) atoms. The average Bonchev–Trinajstić information content (AvgIpc) is 3.70. The predicted octanol–water partition coefficient (Wildman–Crippen LogP) is 15.7. The number of fused-ring (bicyclic) bond motifs is 3. The highest BCUT2D eigenvalue weighted by molar-refractivity contribution is 6.10. The number of nitriles is 2. The fourth-order valence-electron chi connectivity index (χ4n) is 9.29. The van der Waals surface area contributed by atoms with Crippen molar-refractivity contribution in [3.8, 4) is 85.9 Å². The van der Waals surface area contributed by atoms with Crippen LogP contribution < -0.4 is 0 Å². The summed E-state index contributed by atoms with van der Waals surface area (Å²) in [5.41, 5.74) is 14.7.